The van der Waals surface area contributed by atoms with Crippen molar-refractivity contribution in [2.24, 2.45) is 5.92 Å². The van der Waals surface area contributed by atoms with E-state index in [-0.39, 0.29) is 0 Å². The molecule has 3 unspecified atom stereocenters. The second-order valence-electron chi connectivity index (χ2n) is 3.02. The molecule has 1 aliphatic heterocycles. The van der Waals surface area contributed by atoms with Gasteiger partial charge in [0.1, 0.15) is 0 Å². The van der Waals surface area contributed by atoms with Crippen LogP contribution in [0.2, 0.25) is 0 Å². The highest BCUT2D eigenvalue weighted by Crippen LogP contribution is 2.32. The normalized spacial score (nSPS) is 33.4. The van der Waals surface area contributed by atoms with Gasteiger partial charge in [-0.25, -0.2) is 0 Å². The van der Waals surface area contributed by atoms with Crippen LogP contribution in [0.25, 0.3) is 0 Å². The van der Waals surface area contributed by atoms with Gasteiger partial charge >= 0.3 is 0 Å². The van der Waals surface area contributed by atoms with E-state index in [1.165, 1.54) is 12.8 Å². The van der Waals surface area contributed by atoms with Crippen molar-refractivity contribution >= 4 is 0 Å². The number of rotatable bonds is 4. The summed E-state index contributed by atoms with van der Waals surface area (Å²) in [6.07, 6.45) is 5.43. The van der Waals surface area contributed by atoms with E-state index in [0.717, 1.165) is 0 Å². The summed E-state index contributed by atoms with van der Waals surface area (Å²) in [5.74, 6) is 0.538. The number of hydrogen-bond acceptors (Lipinski definition) is 1. The Balaban J connectivity index is 2.17. The van der Waals surface area contributed by atoms with Gasteiger partial charge in [-0.2, -0.15) is 0 Å². The van der Waals surface area contributed by atoms with E-state index in [2.05, 4.69) is 20.4 Å². The molecule has 3 atom stereocenters. The second-order valence-corrected chi connectivity index (χ2v) is 3.02. The Hall–Kier alpha value is -0.300. The number of hydrogen-bond donors (Lipinski definition) is 0. The zero-order valence-electron chi connectivity index (χ0n) is 6.84. The molecule has 1 saturated heterocycles. The van der Waals surface area contributed by atoms with Crippen LogP contribution in [0, 0.1) is 5.92 Å². The van der Waals surface area contributed by atoms with Crippen LogP contribution in [0.3, 0.4) is 0 Å². The van der Waals surface area contributed by atoms with Crippen molar-refractivity contribution in [1.82, 2.24) is 0 Å². The summed E-state index contributed by atoms with van der Waals surface area (Å²) in [7, 11) is 0. The Morgan fingerprint density at radius 3 is 2.90 bits per heavy atom. The lowest BCUT2D eigenvalue weighted by Crippen LogP contribution is -2.02. The van der Waals surface area contributed by atoms with Crippen LogP contribution in [-0.2, 0) is 4.74 Å². The SMILES string of the molecule is C=CC(C)C1OC1CCC. The zero-order valence-corrected chi connectivity index (χ0v) is 6.84. The van der Waals surface area contributed by atoms with Gasteiger partial charge in [-0.15, -0.1) is 6.58 Å². The quantitative estimate of drug-likeness (QED) is 0.431. The molecule has 0 aromatic rings. The maximum atomic E-state index is 5.44. The van der Waals surface area contributed by atoms with Crippen molar-refractivity contribution in [2.45, 2.75) is 38.9 Å². The molecule has 0 amide bonds. The highest BCUT2D eigenvalue weighted by molar-refractivity contribution is 4.95. The van der Waals surface area contributed by atoms with Crippen molar-refractivity contribution in [3.05, 3.63) is 12.7 Å². The van der Waals surface area contributed by atoms with Crippen LogP contribution in [-0.4, -0.2) is 12.2 Å². The predicted molar refractivity (Wildman–Crippen MR) is 42.9 cm³/mol. The van der Waals surface area contributed by atoms with E-state index in [1.807, 2.05) is 6.08 Å². The molecule has 1 heteroatoms. The molecule has 0 N–H and O–H groups in total. The first-order valence-electron chi connectivity index (χ1n) is 4.07. The largest absolute Gasteiger partial charge is 0.369 e. The fraction of sp³-hybridized carbons (Fsp3) is 0.778. The zero-order chi connectivity index (χ0) is 7.56. The van der Waals surface area contributed by atoms with E-state index in [1.54, 1.807) is 0 Å². The van der Waals surface area contributed by atoms with Crippen molar-refractivity contribution in [3.63, 3.8) is 0 Å². The molecule has 0 radical (unpaired) electrons. The lowest BCUT2D eigenvalue weighted by Gasteiger charge is -1.97. The average molecular weight is 140 g/mol. The molecular formula is C9H16O. The molecule has 1 rings (SSSR count). The monoisotopic (exact) mass is 140 g/mol. The molecule has 10 heavy (non-hydrogen) atoms. The summed E-state index contributed by atoms with van der Waals surface area (Å²) in [6.45, 7) is 8.09. The molecule has 1 nitrogen and oxygen atoms in total. The molecule has 0 saturated carbocycles. The third kappa shape index (κ3) is 1.60. The van der Waals surface area contributed by atoms with Gasteiger partial charge in [0.2, 0.25) is 0 Å². The standard InChI is InChI=1S/C9H16O/c1-4-6-8-9(10-8)7(3)5-2/h5,7-9H,2,4,6H2,1,3H3. The summed E-state index contributed by atoms with van der Waals surface area (Å²) < 4.78 is 5.44. The molecule has 1 heterocycles. The predicted octanol–water partition coefficient (Wildman–Crippen LogP) is 2.38. The summed E-state index contributed by atoms with van der Waals surface area (Å²) in [4.78, 5) is 0. The Labute approximate surface area is 63.1 Å². The fourth-order valence-corrected chi connectivity index (χ4v) is 1.27. The van der Waals surface area contributed by atoms with Gasteiger partial charge in [-0.3, -0.25) is 0 Å². The Bertz CT molecular complexity index is 120. The molecule has 0 aliphatic carbocycles. The summed E-state index contributed by atoms with van der Waals surface area (Å²) in [6, 6.07) is 0. The van der Waals surface area contributed by atoms with E-state index in [4.69, 9.17) is 4.74 Å². The Morgan fingerprint density at radius 1 is 1.70 bits per heavy atom. The maximum Gasteiger partial charge on any atom is 0.0901 e. The Morgan fingerprint density at radius 2 is 2.40 bits per heavy atom. The van der Waals surface area contributed by atoms with E-state index < -0.39 is 0 Å². The van der Waals surface area contributed by atoms with Crippen molar-refractivity contribution in [1.29, 1.82) is 0 Å². The molecule has 1 fully saturated rings. The smallest absolute Gasteiger partial charge is 0.0901 e. The van der Waals surface area contributed by atoms with Crippen LogP contribution >= 0.6 is 0 Å². The van der Waals surface area contributed by atoms with Crippen LogP contribution in [0.15, 0.2) is 12.7 Å². The first kappa shape index (κ1) is 7.80. The topological polar surface area (TPSA) is 12.5 Å². The van der Waals surface area contributed by atoms with E-state index >= 15 is 0 Å². The van der Waals surface area contributed by atoms with Gasteiger partial charge < -0.3 is 4.74 Å². The van der Waals surface area contributed by atoms with Gasteiger partial charge in [-0.1, -0.05) is 26.3 Å². The summed E-state index contributed by atoms with van der Waals surface area (Å²) >= 11 is 0. The van der Waals surface area contributed by atoms with Crippen LogP contribution in [0.5, 0.6) is 0 Å². The van der Waals surface area contributed by atoms with Gasteiger partial charge in [0.05, 0.1) is 12.2 Å². The lowest BCUT2D eigenvalue weighted by molar-refractivity contribution is 0.340. The maximum absolute atomic E-state index is 5.44. The van der Waals surface area contributed by atoms with Crippen molar-refractivity contribution in [2.75, 3.05) is 0 Å². The highest BCUT2D eigenvalue weighted by atomic mass is 16.6. The fourth-order valence-electron chi connectivity index (χ4n) is 1.27. The third-order valence-corrected chi connectivity index (χ3v) is 2.08. The second kappa shape index (κ2) is 3.20. The number of ether oxygens (including phenoxy) is 1. The van der Waals surface area contributed by atoms with Gasteiger partial charge in [0.15, 0.2) is 0 Å². The van der Waals surface area contributed by atoms with Gasteiger partial charge in [0, 0.05) is 5.92 Å². The first-order valence-corrected chi connectivity index (χ1v) is 4.07. The Kier molecular flexibility index (Phi) is 2.50. The minimum Gasteiger partial charge on any atom is -0.369 e. The molecule has 0 aromatic carbocycles. The van der Waals surface area contributed by atoms with Crippen LogP contribution in [0.1, 0.15) is 26.7 Å². The average Bonchev–Trinajstić information content (AvgIpc) is 2.67. The summed E-state index contributed by atoms with van der Waals surface area (Å²) in [5.41, 5.74) is 0. The highest BCUT2D eigenvalue weighted by Gasteiger charge is 2.40. The molecule has 58 valence electrons. The van der Waals surface area contributed by atoms with Gasteiger partial charge in [-0.05, 0) is 6.42 Å². The molecule has 0 aromatic heterocycles. The molecule has 0 spiro atoms. The van der Waals surface area contributed by atoms with E-state index in [0.29, 0.717) is 18.1 Å². The van der Waals surface area contributed by atoms with Crippen molar-refractivity contribution in [3.8, 4) is 0 Å². The first-order chi connectivity index (χ1) is 4.79. The minimum absolute atomic E-state index is 0.484. The third-order valence-electron chi connectivity index (χ3n) is 2.08. The van der Waals surface area contributed by atoms with E-state index in [9.17, 15) is 0 Å². The molecular weight excluding hydrogens is 124 g/mol. The van der Waals surface area contributed by atoms with Gasteiger partial charge in [0.25, 0.3) is 0 Å². The lowest BCUT2D eigenvalue weighted by atomic mass is 10.0. The molecule has 0 bridgehead atoms. The minimum atomic E-state index is 0.484. The van der Waals surface area contributed by atoms with Crippen molar-refractivity contribution < 1.29 is 4.74 Å². The van der Waals surface area contributed by atoms with Crippen LogP contribution < -0.4 is 0 Å². The summed E-state index contributed by atoms with van der Waals surface area (Å²) in [5, 5.41) is 0. The number of epoxide rings is 1. The van der Waals surface area contributed by atoms with Crippen LogP contribution in [0.4, 0.5) is 0 Å². The molecule has 1 aliphatic rings.